The number of aliphatic hydroxyl groups is 1. The fourth-order valence-electron chi connectivity index (χ4n) is 2.08. The van der Waals surface area contributed by atoms with Crippen LogP contribution in [-0.2, 0) is 0 Å². The van der Waals surface area contributed by atoms with Gasteiger partial charge < -0.3 is 10.4 Å². The van der Waals surface area contributed by atoms with Gasteiger partial charge in [0.15, 0.2) is 0 Å². The van der Waals surface area contributed by atoms with Gasteiger partial charge in [-0.1, -0.05) is 30.4 Å². The second-order valence-corrected chi connectivity index (χ2v) is 5.59. The van der Waals surface area contributed by atoms with E-state index in [1.165, 1.54) is 12.8 Å². The van der Waals surface area contributed by atoms with Crippen LogP contribution in [0.25, 0.3) is 0 Å². The van der Waals surface area contributed by atoms with Crippen LogP contribution in [0.4, 0.5) is 0 Å². The van der Waals surface area contributed by atoms with Gasteiger partial charge in [-0.05, 0) is 42.9 Å². The van der Waals surface area contributed by atoms with Gasteiger partial charge in [0, 0.05) is 17.7 Å². The molecule has 2 rings (SSSR count). The molecule has 0 aromatic heterocycles. The average molecular weight is 292 g/mol. The number of hydrogen-bond donors (Lipinski definition) is 2. The van der Waals surface area contributed by atoms with Crippen LogP contribution in [0, 0.1) is 23.7 Å². The Labute approximate surface area is 124 Å². The van der Waals surface area contributed by atoms with Crippen LogP contribution in [0.1, 0.15) is 35.7 Å². The number of nitrogens with one attached hydrogen (secondary N) is 1. The molecule has 1 fully saturated rings. The molecule has 1 aromatic rings. The topological polar surface area (TPSA) is 49.3 Å². The molecule has 0 aliphatic heterocycles. The van der Waals surface area contributed by atoms with Crippen molar-refractivity contribution in [3.05, 3.63) is 34.3 Å². The molecule has 1 amide bonds. The molecular formula is C16H18ClNO2. The van der Waals surface area contributed by atoms with Gasteiger partial charge in [-0.15, -0.1) is 0 Å². The van der Waals surface area contributed by atoms with Crippen LogP contribution in [0.2, 0.25) is 5.02 Å². The molecule has 106 valence electrons. The SMILES string of the molecule is CC(CNC(=O)c1ccc(C#CCO)c(Cl)c1)C1CC1. The van der Waals surface area contributed by atoms with E-state index in [0.29, 0.717) is 28.6 Å². The Morgan fingerprint density at radius 2 is 2.30 bits per heavy atom. The van der Waals surface area contributed by atoms with Crippen molar-refractivity contribution in [2.24, 2.45) is 11.8 Å². The summed E-state index contributed by atoms with van der Waals surface area (Å²) in [5, 5.41) is 12.0. The number of carbonyl (C=O) groups is 1. The largest absolute Gasteiger partial charge is 0.384 e. The average Bonchev–Trinajstić information content (AvgIpc) is 3.27. The Kier molecular flexibility index (Phi) is 5.05. The van der Waals surface area contributed by atoms with Crippen LogP contribution in [0.3, 0.4) is 0 Å². The summed E-state index contributed by atoms with van der Waals surface area (Å²) in [6.45, 7) is 2.66. The van der Waals surface area contributed by atoms with Crippen LogP contribution in [-0.4, -0.2) is 24.2 Å². The highest BCUT2D eigenvalue weighted by Gasteiger charge is 2.27. The second-order valence-electron chi connectivity index (χ2n) is 5.18. The van der Waals surface area contributed by atoms with Gasteiger partial charge in [0.25, 0.3) is 5.91 Å². The molecule has 1 unspecified atom stereocenters. The summed E-state index contributed by atoms with van der Waals surface area (Å²) < 4.78 is 0. The first-order valence-electron chi connectivity index (χ1n) is 6.79. The third-order valence-electron chi connectivity index (χ3n) is 3.54. The van der Waals surface area contributed by atoms with E-state index < -0.39 is 0 Å². The number of amides is 1. The van der Waals surface area contributed by atoms with Crippen molar-refractivity contribution in [2.45, 2.75) is 19.8 Å². The molecule has 1 aliphatic carbocycles. The number of benzene rings is 1. The molecular weight excluding hydrogens is 274 g/mol. The van der Waals surface area contributed by atoms with E-state index >= 15 is 0 Å². The zero-order valence-corrected chi connectivity index (χ0v) is 12.2. The first-order valence-corrected chi connectivity index (χ1v) is 7.17. The van der Waals surface area contributed by atoms with Gasteiger partial charge in [0.2, 0.25) is 0 Å². The van der Waals surface area contributed by atoms with E-state index in [2.05, 4.69) is 24.1 Å². The quantitative estimate of drug-likeness (QED) is 0.837. The lowest BCUT2D eigenvalue weighted by atomic mass is 10.1. The molecule has 0 radical (unpaired) electrons. The molecule has 0 heterocycles. The van der Waals surface area contributed by atoms with E-state index in [0.717, 1.165) is 5.92 Å². The van der Waals surface area contributed by atoms with Gasteiger partial charge in [0.05, 0.1) is 5.02 Å². The number of carbonyl (C=O) groups excluding carboxylic acids is 1. The minimum absolute atomic E-state index is 0.110. The van der Waals surface area contributed by atoms with Gasteiger partial charge in [-0.3, -0.25) is 4.79 Å². The minimum atomic E-state index is -0.211. The molecule has 1 aromatic carbocycles. The van der Waals surface area contributed by atoms with Crippen LogP contribution in [0.15, 0.2) is 18.2 Å². The summed E-state index contributed by atoms with van der Waals surface area (Å²) in [5.74, 6) is 6.47. The van der Waals surface area contributed by atoms with E-state index in [1.54, 1.807) is 18.2 Å². The van der Waals surface area contributed by atoms with Crippen molar-refractivity contribution < 1.29 is 9.90 Å². The number of aliphatic hydroxyl groups excluding tert-OH is 1. The summed E-state index contributed by atoms with van der Waals surface area (Å²) in [7, 11) is 0. The van der Waals surface area contributed by atoms with Crippen molar-refractivity contribution in [1.29, 1.82) is 0 Å². The van der Waals surface area contributed by atoms with Crippen molar-refractivity contribution in [1.82, 2.24) is 5.32 Å². The van der Waals surface area contributed by atoms with Crippen molar-refractivity contribution in [2.75, 3.05) is 13.2 Å². The Hall–Kier alpha value is -1.50. The molecule has 1 saturated carbocycles. The van der Waals surface area contributed by atoms with E-state index in [-0.39, 0.29) is 12.5 Å². The summed E-state index contributed by atoms with van der Waals surface area (Å²) in [4.78, 5) is 12.0. The first-order chi connectivity index (χ1) is 9.61. The van der Waals surface area contributed by atoms with Crippen LogP contribution >= 0.6 is 11.6 Å². The zero-order valence-electron chi connectivity index (χ0n) is 11.4. The lowest BCUT2D eigenvalue weighted by Gasteiger charge is -2.11. The third kappa shape index (κ3) is 4.00. The summed E-state index contributed by atoms with van der Waals surface area (Å²) in [6.07, 6.45) is 2.56. The van der Waals surface area contributed by atoms with E-state index in [4.69, 9.17) is 16.7 Å². The normalized spacial score (nSPS) is 15.2. The van der Waals surface area contributed by atoms with Crippen LogP contribution in [0.5, 0.6) is 0 Å². The van der Waals surface area contributed by atoms with Gasteiger partial charge in [-0.2, -0.15) is 0 Å². The summed E-state index contributed by atoms with van der Waals surface area (Å²) >= 11 is 6.07. The fourth-order valence-corrected chi connectivity index (χ4v) is 2.31. The van der Waals surface area contributed by atoms with Crippen molar-refractivity contribution in [3.63, 3.8) is 0 Å². The van der Waals surface area contributed by atoms with E-state index in [1.807, 2.05) is 0 Å². The maximum atomic E-state index is 12.0. The molecule has 2 N–H and O–H groups in total. The predicted molar refractivity (Wildman–Crippen MR) is 79.6 cm³/mol. The van der Waals surface area contributed by atoms with Crippen molar-refractivity contribution in [3.8, 4) is 11.8 Å². The molecule has 1 aliphatic rings. The molecule has 20 heavy (non-hydrogen) atoms. The first kappa shape index (κ1) is 14.9. The molecule has 0 spiro atoms. The van der Waals surface area contributed by atoms with Gasteiger partial charge in [-0.25, -0.2) is 0 Å². The smallest absolute Gasteiger partial charge is 0.251 e. The highest BCUT2D eigenvalue weighted by Crippen LogP contribution is 2.36. The van der Waals surface area contributed by atoms with Gasteiger partial charge in [0.1, 0.15) is 6.61 Å². The number of hydrogen-bond acceptors (Lipinski definition) is 2. The molecule has 3 nitrogen and oxygen atoms in total. The molecule has 4 heteroatoms. The minimum Gasteiger partial charge on any atom is -0.384 e. The zero-order chi connectivity index (χ0) is 14.5. The second kappa shape index (κ2) is 6.78. The third-order valence-corrected chi connectivity index (χ3v) is 3.86. The Morgan fingerprint density at radius 3 is 2.90 bits per heavy atom. The Balaban J connectivity index is 1.97. The Morgan fingerprint density at radius 1 is 1.55 bits per heavy atom. The predicted octanol–water partition coefficient (Wildman–Crippen LogP) is 2.46. The van der Waals surface area contributed by atoms with Gasteiger partial charge >= 0.3 is 0 Å². The maximum Gasteiger partial charge on any atom is 0.251 e. The lowest BCUT2D eigenvalue weighted by molar-refractivity contribution is 0.0946. The Bertz CT molecular complexity index is 555. The van der Waals surface area contributed by atoms with Crippen LogP contribution < -0.4 is 5.32 Å². The molecule has 0 bridgehead atoms. The fraction of sp³-hybridized carbons (Fsp3) is 0.438. The maximum absolute atomic E-state index is 12.0. The summed E-state index contributed by atoms with van der Waals surface area (Å²) in [5.41, 5.74) is 1.15. The van der Waals surface area contributed by atoms with E-state index in [9.17, 15) is 4.79 Å². The summed E-state index contributed by atoms with van der Waals surface area (Å²) in [6, 6.07) is 5.01. The monoisotopic (exact) mass is 291 g/mol. The number of rotatable bonds is 4. The number of halogens is 1. The standard InChI is InChI=1S/C16H18ClNO2/c1-11(12-4-5-12)10-18-16(20)14-7-6-13(3-2-8-19)15(17)9-14/h6-7,9,11-12,19H,4-5,8,10H2,1H3,(H,18,20). The molecule has 0 saturated heterocycles. The highest BCUT2D eigenvalue weighted by molar-refractivity contribution is 6.32. The molecule has 1 atom stereocenters. The lowest BCUT2D eigenvalue weighted by Crippen LogP contribution is -2.29. The van der Waals surface area contributed by atoms with Crippen molar-refractivity contribution >= 4 is 17.5 Å². The highest BCUT2D eigenvalue weighted by atomic mass is 35.5.